The van der Waals surface area contributed by atoms with Crippen LogP contribution in [0.4, 0.5) is 0 Å². The summed E-state index contributed by atoms with van der Waals surface area (Å²) in [4.78, 5) is 1.51. The molecule has 0 aliphatic carbocycles. The van der Waals surface area contributed by atoms with Crippen LogP contribution in [0.2, 0.25) is 0 Å². The molecule has 0 spiro atoms. The highest BCUT2D eigenvalue weighted by atomic mass is 32.1. The van der Waals surface area contributed by atoms with Crippen molar-refractivity contribution in [1.82, 2.24) is 5.32 Å². The highest BCUT2D eigenvalue weighted by Gasteiger charge is 2.19. The topological polar surface area (TPSA) is 12.0 Å². The van der Waals surface area contributed by atoms with E-state index in [1.807, 2.05) is 11.3 Å². The molecule has 0 saturated heterocycles. The lowest BCUT2D eigenvalue weighted by atomic mass is 9.85. The van der Waals surface area contributed by atoms with Crippen molar-refractivity contribution in [2.45, 2.75) is 65.8 Å². The minimum atomic E-state index is 0.213. The molecule has 0 unspecified atom stereocenters. The summed E-state index contributed by atoms with van der Waals surface area (Å²) in [5, 5.41) is 5.03. The third-order valence-electron chi connectivity index (χ3n) is 3.96. The molecular weight excluding hydrogens is 274 g/mol. The van der Waals surface area contributed by atoms with Crippen LogP contribution < -0.4 is 5.32 Å². The van der Waals surface area contributed by atoms with E-state index in [0.717, 1.165) is 13.1 Å². The van der Waals surface area contributed by atoms with Crippen LogP contribution in [0.3, 0.4) is 0 Å². The smallest absolute Gasteiger partial charge is 0.0349 e. The van der Waals surface area contributed by atoms with Gasteiger partial charge in [0.2, 0.25) is 0 Å². The molecule has 1 N–H and O–H groups in total. The van der Waals surface area contributed by atoms with Crippen molar-refractivity contribution in [3.05, 3.63) is 34.2 Å². The first-order valence-electron chi connectivity index (χ1n) is 8.11. The second-order valence-electron chi connectivity index (χ2n) is 7.23. The quantitative estimate of drug-likeness (QED) is 0.686. The Labute approximate surface area is 133 Å². The maximum Gasteiger partial charge on any atom is 0.0349 e. The average molecular weight is 304 g/mol. The third kappa shape index (κ3) is 3.67. The van der Waals surface area contributed by atoms with Crippen LogP contribution in [0.1, 0.15) is 69.9 Å². The fourth-order valence-electron chi connectivity index (χ4n) is 2.78. The van der Waals surface area contributed by atoms with Crippen LogP contribution >= 0.6 is 11.3 Å². The number of fused-ring (bicyclic) bond motifs is 1. The summed E-state index contributed by atoms with van der Waals surface area (Å²) < 4.78 is 1.43. The fourth-order valence-corrected chi connectivity index (χ4v) is 4.09. The van der Waals surface area contributed by atoms with E-state index in [2.05, 4.69) is 65.1 Å². The van der Waals surface area contributed by atoms with Gasteiger partial charge in [-0.25, -0.2) is 0 Å². The number of nitrogens with one attached hydrogen (secondary N) is 1. The summed E-state index contributed by atoms with van der Waals surface area (Å²) in [5.41, 5.74) is 3.19. The fraction of sp³-hybridized carbons (Fsp3) is 0.579. The van der Waals surface area contributed by atoms with Gasteiger partial charge in [0.25, 0.3) is 0 Å². The first-order chi connectivity index (χ1) is 9.84. The predicted octanol–water partition coefficient (Wildman–Crippen LogP) is 5.82. The Morgan fingerprint density at radius 2 is 1.90 bits per heavy atom. The molecule has 0 amide bonds. The number of hydrogen-bond donors (Lipinski definition) is 1. The maximum atomic E-state index is 3.56. The Hall–Kier alpha value is -0.860. The predicted molar refractivity (Wildman–Crippen MR) is 96.6 cm³/mol. The van der Waals surface area contributed by atoms with Gasteiger partial charge in [0, 0.05) is 16.1 Å². The molecule has 0 atom stereocenters. The Kier molecular flexibility index (Phi) is 5.11. The largest absolute Gasteiger partial charge is 0.312 e. The monoisotopic (exact) mass is 303 g/mol. The zero-order valence-corrected chi connectivity index (χ0v) is 15.2. The van der Waals surface area contributed by atoms with E-state index in [0.29, 0.717) is 5.92 Å². The van der Waals surface area contributed by atoms with Crippen LogP contribution in [-0.2, 0) is 12.0 Å². The van der Waals surface area contributed by atoms with Crippen molar-refractivity contribution in [3.8, 4) is 0 Å². The minimum Gasteiger partial charge on any atom is -0.312 e. The van der Waals surface area contributed by atoms with Gasteiger partial charge in [-0.2, -0.15) is 0 Å². The van der Waals surface area contributed by atoms with Gasteiger partial charge in [0.05, 0.1) is 0 Å². The van der Waals surface area contributed by atoms with Crippen molar-refractivity contribution in [2.75, 3.05) is 6.54 Å². The molecule has 0 bridgehead atoms. The molecule has 0 saturated carbocycles. The summed E-state index contributed by atoms with van der Waals surface area (Å²) in [5.74, 6) is 0.576. The van der Waals surface area contributed by atoms with Crippen LogP contribution in [0.5, 0.6) is 0 Å². The van der Waals surface area contributed by atoms with E-state index in [1.165, 1.54) is 26.9 Å². The Morgan fingerprint density at radius 3 is 2.48 bits per heavy atom. The standard InChI is InChI=1S/C19H29NS/c1-7-10-20-12-17-18(13(2)3)15-11-14(19(4,5)6)8-9-16(15)21-17/h8-9,11,13,20H,7,10,12H2,1-6H3. The number of rotatable bonds is 5. The second-order valence-corrected chi connectivity index (χ2v) is 8.37. The van der Waals surface area contributed by atoms with Gasteiger partial charge in [0.15, 0.2) is 0 Å². The van der Waals surface area contributed by atoms with E-state index in [4.69, 9.17) is 0 Å². The number of hydrogen-bond acceptors (Lipinski definition) is 2. The molecule has 116 valence electrons. The molecule has 1 aromatic heterocycles. The van der Waals surface area contributed by atoms with Gasteiger partial charge in [0.1, 0.15) is 0 Å². The molecule has 1 aromatic carbocycles. The SMILES string of the molecule is CCCNCc1sc2ccc(C(C)(C)C)cc2c1C(C)C. The van der Waals surface area contributed by atoms with Crippen LogP contribution in [0, 0.1) is 0 Å². The van der Waals surface area contributed by atoms with Gasteiger partial charge >= 0.3 is 0 Å². The Bertz CT molecular complexity index is 602. The summed E-state index contributed by atoms with van der Waals surface area (Å²) >= 11 is 1.96. The number of benzene rings is 1. The summed E-state index contributed by atoms with van der Waals surface area (Å²) in [6.07, 6.45) is 1.19. The van der Waals surface area contributed by atoms with E-state index in [-0.39, 0.29) is 5.41 Å². The minimum absolute atomic E-state index is 0.213. The molecule has 0 aliphatic heterocycles. The first kappa shape index (κ1) is 16.5. The molecule has 2 aromatic rings. The zero-order valence-electron chi connectivity index (χ0n) is 14.3. The Morgan fingerprint density at radius 1 is 1.19 bits per heavy atom. The highest BCUT2D eigenvalue weighted by Crippen LogP contribution is 2.38. The molecule has 2 heteroatoms. The van der Waals surface area contributed by atoms with Gasteiger partial charge in [-0.1, -0.05) is 47.6 Å². The highest BCUT2D eigenvalue weighted by molar-refractivity contribution is 7.19. The van der Waals surface area contributed by atoms with Crippen molar-refractivity contribution in [1.29, 1.82) is 0 Å². The van der Waals surface area contributed by atoms with Crippen LogP contribution in [0.15, 0.2) is 18.2 Å². The van der Waals surface area contributed by atoms with E-state index >= 15 is 0 Å². The van der Waals surface area contributed by atoms with Crippen molar-refractivity contribution in [3.63, 3.8) is 0 Å². The number of thiophene rings is 1. The molecule has 21 heavy (non-hydrogen) atoms. The first-order valence-corrected chi connectivity index (χ1v) is 8.92. The maximum absolute atomic E-state index is 3.56. The lowest BCUT2D eigenvalue weighted by Crippen LogP contribution is -2.14. The van der Waals surface area contributed by atoms with Crippen molar-refractivity contribution in [2.24, 2.45) is 0 Å². The average Bonchev–Trinajstić information content (AvgIpc) is 2.75. The molecule has 0 aliphatic rings. The van der Waals surface area contributed by atoms with Gasteiger partial charge in [-0.05, 0) is 52.9 Å². The van der Waals surface area contributed by atoms with Crippen molar-refractivity contribution < 1.29 is 0 Å². The van der Waals surface area contributed by atoms with Gasteiger partial charge < -0.3 is 5.32 Å². The summed E-state index contributed by atoms with van der Waals surface area (Å²) in [6.45, 7) is 15.8. The zero-order chi connectivity index (χ0) is 15.6. The molecule has 1 nitrogen and oxygen atoms in total. The van der Waals surface area contributed by atoms with Crippen molar-refractivity contribution >= 4 is 21.4 Å². The summed E-state index contributed by atoms with van der Waals surface area (Å²) in [6, 6.07) is 7.03. The van der Waals surface area contributed by atoms with E-state index < -0.39 is 0 Å². The molecular formula is C19H29NS. The van der Waals surface area contributed by atoms with Crippen LogP contribution in [-0.4, -0.2) is 6.54 Å². The van der Waals surface area contributed by atoms with Crippen LogP contribution in [0.25, 0.3) is 10.1 Å². The van der Waals surface area contributed by atoms with E-state index in [1.54, 1.807) is 5.56 Å². The molecule has 0 fully saturated rings. The molecule has 1 heterocycles. The lowest BCUT2D eigenvalue weighted by Gasteiger charge is -2.19. The Balaban J connectivity index is 2.48. The normalized spacial score (nSPS) is 12.5. The lowest BCUT2D eigenvalue weighted by molar-refractivity contribution is 0.591. The van der Waals surface area contributed by atoms with E-state index in [9.17, 15) is 0 Å². The molecule has 2 rings (SSSR count). The molecule has 0 radical (unpaired) electrons. The van der Waals surface area contributed by atoms with Gasteiger partial charge in [-0.15, -0.1) is 11.3 Å². The third-order valence-corrected chi connectivity index (χ3v) is 5.15. The van der Waals surface area contributed by atoms with Gasteiger partial charge in [-0.3, -0.25) is 0 Å². The second kappa shape index (κ2) is 6.50. The summed E-state index contributed by atoms with van der Waals surface area (Å²) in [7, 11) is 0.